The van der Waals surface area contributed by atoms with Crippen LogP contribution in [-0.2, 0) is 10.0 Å². The van der Waals surface area contributed by atoms with E-state index in [4.69, 9.17) is 0 Å². The molecule has 0 saturated carbocycles. The second kappa shape index (κ2) is 6.34. The normalized spacial score (nSPS) is 17.3. The van der Waals surface area contributed by atoms with Gasteiger partial charge in [0, 0.05) is 13.1 Å². The lowest BCUT2D eigenvalue weighted by Crippen LogP contribution is -2.37. The SMILES string of the molecule is Cc1ccc(S(=O)(=O)N2CCC(c3ccc(O)cc3)CC2)cc1. The zero-order valence-corrected chi connectivity index (χ0v) is 14.0. The van der Waals surface area contributed by atoms with Crippen molar-refractivity contribution >= 4 is 10.0 Å². The molecular weight excluding hydrogens is 310 g/mol. The highest BCUT2D eigenvalue weighted by Gasteiger charge is 2.29. The largest absolute Gasteiger partial charge is 0.508 e. The van der Waals surface area contributed by atoms with E-state index < -0.39 is 10.0 Å². The minimum Gasteiger partial charge on any atom is -0.508 e. The summed E-state index contributed by atoms with van der Waals surface area (Å²) in [5, 5.41) is 9.36. The third kappa shape index (κ3) is 3.41. The van der Waals surface area contributed by atoms with Crippen molar-refractivity contribution in [3.8, 4) is 5.75 Å². The van der Waals surface area contributed by atoms with Gasteiger partial charge in [-0.3, -0.25) is 0 Å². The number of piperidine rings is 1. The van der Waals surface area contributed by atoms with Crippen LogP contribution in [0.2, 0.25) is 0 Å². The Hall–Kier alpha value is -1.85. The Balaban J connectivity index is 1.70. The Bertz CT molecular complexity index is 759. The Labute approximate surface area is 137 Å². The highest BCUT2D eigenvalue weighted by molar-refractivity contribution is 7.89. The maximum absolute atomic E-state index is 12.7. The van der Waals surface area contributed by atoms with E-state index in [9.17, 15) is 13.5 Å². The van der Waals surface area contributed by atoms with Gasteiger partial charge in [-0.15, -0.1) is 0 Å². The Morgan fingerprint density at radius 1 is 0.957 bits per heavy atom. The number of sulfonamides is 1. The van der Waals surface area contributed by atoms with Gasteiger partial charge in [-0.1, -0.05) is 29.8 Å². The molecular formula is C18H21NO3S. The van der Waals surface area contributed by atoms with E-state index in [1.165, 1.54) is 0 Å². The zero-order chi connectivity index (χ0) is 16.4. The molecule has 0 bridgehead atoms. The van der Waals surface area contributed by atoms with Gasteiger partial charge in [0.05, 0.1) is 4.90 Å². The third-order valence-corrected chi connectivity index (χ3v) is 6.39. The maximum atomic E-state index is 12.7. The molecule has 3 rings (SSSR count). The third-order valence-electron chi connectivity index (χ3n) is 4.48. The van der Waals surface area contributed by atoms with Crippen LogP contribution in [0.25, 0.3) is 0 Å². The molecule has 2 aromatic carbocycles. The van der Waals surface area contributed by atoms with Crippen LogP contribution < -0.4 is 0 Å². The van der Waals surface area contributed by atoms with Crippen LogP contribution in [0.15, 0.2) is 53.4 Å². The highest BCUT2D eigenvalue weighted by Crippen LogP contribution is 2.31. The smallest absolute Gasteiger partial charge is 0.243 e. The number of hydrogen-bond acceptors (Lipinski definition) is 3. The molecule has 1 saturated heterocycles. The van der Waals surface area contributed by atoms with Crippen molar-refractivity contribution in [1.29, 1.82) is 0 Å². The lowest BCUT2D eigenvalue weighted by molar-refractivity contribution is 0.319. The minimum absolute atomic E-state index is 0.258. The molecule has 23 heavy (non-hydrogen) atoms. The second-order valence-corrected chi connectivity index (χ2v) is 8.02. The molecule has 2 aromatic rings. The lowest BCUT2D eigenvalue weighted by atomic mass is 9.90. The first kappa shape index (κ1) is 16.0. The first-order valence-electron chi connectivity index (χ1n) is 7.82. The summed E-state index contributed by atoms with van der Waals surface area (Å²) < 4.78 is 26.9. The highest BCUT2D eigenvalue weighted by atomic mass is 32.2. The average Bonchev–Trinajstić information content (AvgIpc) is 2.56. The van der Waals surface area contributed by atoms with E-state index in [2.05, 4.69) is 0 Å². The maximum Gasteiger partial charge on any atom is 0.243 e. The van der Waals surface area contributed by atoms with Crippen LogP contribution in [0.1, 0.15) is 29.9 Å². The van der Waals surface area contributed by atoms with Gasteiger partial charge in [0.2, 0.25) is 10.0 Å². The number of nitrogens with zero attached hydrogens (tertiary/aromatic N) is 1. The van der Waals surface area contributed by atoms with Gasteiger partial charge >= 0.3 is 0 Å². The molecule has 1 aliphatic heterocycles. The van der Waals surface area contributed by atoms with Crippen LogP contribution in [0.5, 0.6) is 5.75 Å². The Morgan fingerprint density at radius 3 is 2.09 bits per heavy atom. The molecule has 0 unspecified atom stereocenters. The predicted molar refractivity (Wildman–Crippen MR) is 90.0 cm³/mol. The lowest BCUT2D eigenvalue weighted by Gasteiger charge is -2.31. The topological polar surface area (TPSA) is 57.6 Å². The molecule has 1 N–H and O–H groups in total. The fourth-order valence-electron chi connectivity index (χ4n) is 3.04. The van der Waals surface area contributed by atoms with Crippen molar-refractivity contribution in [3.63, 3.8) is 0 Å². The molecule has 0 spiro atoms. The van der Waals surface area contributed by atoms with Crippen molar-refractivity contribution in [1.82, 2.24) is 4.31 Å². The first-order chi connectivity index (χ1) is 11.0. The van der Waals surface area contributed by atoms with Gasteiger partial charge in [0.1, 0.15) is 5.75 Å². The summed E-state index contributed by atoms with van der Waals surface area (Å²) in [4.78, 5) is 0.367. The molecule has 0 radical (unpaired) electrons. The number of phenols is 1. The molecule has 0 aliphatic carbocycles. The van der Waals surface area contributed by atoms with Crippen LogP contribution >= 0.6 is 0 Å². The molecule has 122 valence electrons. The van der Waals surface area contributed by atoms with Crippen molar-refractivity contribution < 1.29 is 13.5 Å². The number of phenolic OH excluding ortho intramolecular Hbond substituents is 1. The van der Waals surface area contributed by atoms with E-state index >= 15 is 0 Å². The van der Waals surface area contributed by atoms with E-state index in [0.29, 0.717) is 23.9 Å². The van der Waals surface area contributed by atoms with Crippen LogP contribution in [-0.4, -0.2) is 30.9 Å². The number of rotatable bonds is 3. The van der Waals surface area contributed by atoms with Crippen molar-refractivity contribution in [2.24, 2.45) is 0 Å². The fourth-order valence-corrected chi connectivity index (χ4v) is 4.50. The fraction of sp³-hybridized carbons (Fsp3) is 0.333. The Morgan fingerprint density at radius 2 is 1.52 bits per heavy atom. The molecule has 0 aromatic heterocycles. The molecule has 4 nitrogen and oxygen atoms in total. The van der Waals surface area contributed by atoms with Crippen LogP contribution in [0, 0.1) is 6.92 Å². The zero-order valence-electron chi connectivity index (χ0n) is 13.1. The van der Waals surface area contributed by atoms with Crippen molar-refractivity contribution in [2.45, 2.75) is 30.6 Å². The number of aryl methyl sites for hydroxylation is 1. The van der Waals surface area contributed by atoms with Gasteiger partial charge in [-0.05, 0) is 55.5 Å². The second-order valence-electron chi connectivity index (χ2n) is 6.08. The van der Waals surface area contributed by atoms with E-state index in [-0.39, 0.29) is 5.75 Å². The molecule has 0 amide bonds. The average molecular weight is 331 g/mol. The van der Waals surface area contributed by atoms with Gasteiger partial charge in [-0.2, -0.15) is 4.31 Å². The monoisotopic (exact) mass is 331 g/mol. The molecule has 1 fully saturated rings. The predicted octanol–water partition coefficient (Wildman–Crippen LogP) is 3.27. The van der Waals surface area contributed by atoms with Crippen LogP contribution in [0.4, 0.5) is 0 Å². The number of hydrogen-bond donors (Lipinski definition) is 1. The number of benzene rings is 2. The molecule has 1 heterocycles. The number of aromatic hydroxyl groups is 1. The van der Waals surface area contributed by atoms with Crippen molar-refractivity contribution in [3.05, 3.63) is 59.7 Å². The molecule has 1 aliphatic rings. The van der Waals surface area contributed by atoms with Crippen molar-refractivity contribution in [2.75, 3.05) is 13.1 Å². The Kier molecular flexibility index (Phi) is 4.41. The van der Waals surface area contributed by atoms with Gasteiger partial charge in [0.25, 0.3) is 0 Å². The van der Waals surface area contributed by atoms with E-state index in [0.717, 1.165) is 24.0 Å². The molecule has 0 atom stereocenters. The quantitative estimate of drug-likeness (QED) is 0.939. The minimum atomic E-state index is -3.40. The van der Waals surface area contributed by atoms with Crippen LogP contribution in [0.3, 0.4) is 0 Å². The van der Waals surface area contributed by atoms with Gasteiger partial charge in [0.15, 0.2) is 0 Å². The van der Waals surface area contributed by atoms with Gasteiger partial charge < -0.3 is 5.11 Å². The summed E-state index contributed by atoms with van der Waals surface area (Å²) >= 11 is 0. The standard InChI is InChI=1S/C18H21NO3S/c1-14-2-8-18(9-3-14)23(21,22)19-12-10-16(11-13-19)15-4-6-17(20)7-5-15/h2-9,16,20H,10-13H2,1H3. The summed E-state index contributed by atoms with van der Waals surface area (Å²) in [6, 6.07) is 14.2. The summed E-state index contributed by atoms with van der Waals surface area (Å²) in [7, 11) is -3.40. The summed E-state index contributed by atoms with van der Waals surface area (Å²) in [6.45, 7) is 3.00. The summed E-state index contributed by atoms with van der Waals surface area (Å²) in [6.07, 6.45) is 1.60. The van der Waals surface area contributed by atoms with E-state index in [1.807, 2.05) is 31.2 Å². The summed E-state index contributed by atoms with van der Waals surface area (Å²) in [5.41, 5.74) is 2.21. The van der Waals surface area contributed by atoms with Gasteiger partial charge in [-0.25, -0.2) is 8.42 Å². The summed E-state index contributed by atoms with van der Waals surface area (Å²) in [5.74, 6) is 0.605. The van der Waals surface area contributed by atoms with E-state index in [1.54, 1.807) is 28.6 Å². The molecule has 5 heteroatoms. The first-order valence-corrected chi connectivity index (χ1v) is 9.26.